The lowest BCUT2D eigenvalue weighted by Gasteiger charge is -2.49. The summed E-state index contributed by atoms with van der Waals surface area (Å²) >= 11 is 9.79. The standard InChI is InChI=1S/C58H81ClN2O14S2/c1-13-44-58(10,69)51(65)32(4)47(63)30(2)28-56(8,68)53(33(5)49(34(6)54(67)73-44)74-46-29-57(9,70-12)52(66)35(7)72-46)75-55-48(64)41(25-31(3)71-55)61(11)24-16-23-60-45(62)22-20-37-27-39-38-17-14-15-18-42(38)77-43-21-19-36(59)26-40(43)50(39)76-37/h14-15,17-22,26-27,30-35,41,44,46,48-49,51-53,55,64-66,68-69H,13,16,23-25,28-29H2,1-12H3,(H,60,62)/b22-20+/t30-,31-,32+,33+,34-,35-,41+,44-,46-,48-,49+,51-,52+,53-,55+,56-,57-,58-/m1/s1. The van der Waals surface area contributed by atoms with E-state index in [-0.39, 0.29) is 25.2 Å². The maximum atomic E-state index is 14.4. The van der Waals surface area contributed by atoms with Gasteiger partial charge in [0.1, 0.15) is 29.7 Å². The normalized spacial score (nSPS) is 37.3. The highest BCUT2D eigenvalue weighted by Crippen LogP contribution is 2.52. The van der Waals surface area contributed by atoms with Crippen LogP contribution < -0.4 is 5.32 Å². The van der Waals surface area contributed by atoms with Gasteiger partial charge in [-0.05, 0) is 123 Å². The number of hydrogen-bond acceptors (Lipinski definition) is 17. The molecule has 16 nitrogen and oxygen atoms in total. The molecule has 1 amide bonds. The molecule has 5 heterocycles. The number of hydrogen-bond donors (Lipinski definition) is 6. The number of cyclic esters (lactones) is 1. The molecule has 7 rings (SSSR count). The number of nitrogens with one attached hydrogen (secondary N) is 1. The summed E-state index contributed by atoms with van der Waals surface area (Å²) in [7, 11) is 3.36. The maximum Gasteiger partial charge on any atom is 0.311 e. The molecule has 3 saturated heterocycles. The fraction of sp³-hybridized carbons (Fsp3) is 0.638. The van der Waals surface area contributed by atoms with Gasteiger partial charge in [0, 0.05) is 85.6 Å². The molecule has 4 aliphatic heterocycles. The molecule has 0 saturated carbocycles. The van der Waals surface area contributed by atoms with E-state index in [1.165, 1.54) is 34.0 Å². The first-order valence-electron chi connectivity index (χ1n) is 27.0. The minimum absolute atomic E-state index is 0.0539. The Balaban J connectivity index is 1.07. The first kappa shape index (κ1) is 61.3. The van der Waals surface area contributed by atoms with Gasteiger partial charge in [0.05, 0.1) is 47.6 Å². The molecular weight excluding hydrogens is 1050 g/mol. The minimum atomic E-state index is -2.04. The van der Waals surface area contributed by atoms with E-state index in [0.29, 0.717) is 31.0 Å². The number of carbonyl (C=O) groups excluding carboxylic acids is 3. The van der Waals surface area contributed by atoms with Gasteiger partial charge in [0.25, 0.3) is 0 Å². The number of carbonyl (C=O) groups is 3. The third-order valence-electron chi connectivity index (χ3n) is 16.4. The van der Waals surface area contributed by atoms with Crippen molar-refractivity contribution in [2.45, 2.75) is 195 Å². The van der Waals surface area contributed by atoms with Crippen LogP contribution in [0.15, 0.2) is 64.4 Å². The van der Waals surface area contributed by atoms with Crippen LogP contribution in [0, 0.1) is 23.7 Å². The zero-order valence-electron chi connectivity index (χ0n) is 46.4. The lowest BCUT2D eigenvalue weighted by Crippen LogP contribution is -2.61. The Morgan fingerprint density at radius 3 is 2.31 bits per heavy atom. The summed E-state index contributed by atoms with van der Waals surface area (Å²) in [6, 6.07) is 15.8. The van der Waals surface area contributed by atoms with Crippen molar-refractivity contribution >= 4 is 58.4 Å². The number of nitrogens with zero attached hydrogens (tertiary/aromatic N) is 1. The molecule has 0 radical (unpaired) electrons. The van der Waals surface area contributed by atoms with Crippen molar-refractivity contribution in [3.05, 3.63) is 64.5 Å². The highest BCUT2D eigenvalue weighted by Gasteiger charge is 2.54. The molecule has 0 unspecified atom stereocenters. The molecular formula is C58H81ClN2O14S2. The molecule has 2 aromatic carbocycles. The van der Waals surface area contributed by atoms with Gasteiger partial charge in [0.2, 0.25) is 5.91 Å². The van der Waals surface area contributed by atoms with E-state index in [4.69, 9.17) is 40.0 Å². The number of methoxy groups -OCH3 is 1. The molecule has 0 spiro atoms. The molecule has 4 aliphatic rings. The second-order valence-corrected chi connectivity index (χ2v) is 25.2. The summed E-state index contributed by atoms with van der Waals surface area (Å²) in [6.45, 7) is 17.1. The average molecular weight is 1130 g/mol. The largest absolute Gasteiger partial charge is 0.459 e. The summed E-state index contributed by atoms with van der Waals surface area (Å²) in [6.07, 6.45) is -6.82. The Bertz CT molecular complexity index is 2580. The van der Waals surface area contributed by atoms with Crippen LogP contribution in [0.5, 0.6) is 0 Å². The van der Waals surface area contributed by atoms with Gasteiger partial charge in [-0.3, -0.25) is 14.4 Å². The smallest absolute Gasteiger partial charge is 0.311 e. The van der Waals surface area contributed by atoms with Gasteiger partial charge in [-0.15, -0.1) is 11.3 Å². The van der Waals surface area contributed by atoms with Crippen molar-refractivity contribution in [3.8, 4) is 21.6 Å². The second kappa shape index (κ2) is 25.2. The van der Waals surface area contributed by atoms with E-state index in [2.05, 4.69) is 23.5 Å². The van der Waals surface area contributed by atoms with Gasteiger partial charge < -0.3 is 64.2 Å². The number of likely N-dealkylation sites (N-methyl/N-ethyl adjacent to an activating group) is 1. The maximum absolute atomic E-state index is 14.4. The molecule has 1 aromatic heterocycles. The van der Waals surface area contributed by atoms with Gasteiger partial charge >= 0.3 is 5.97 Å². The van der Waals surface area contributed by atoms with Crippen molar-refractivity contribution in [2.24, 2.45) is 23.7 Å². The molecule has 6 N–H and O–H groups in total. The van der Waals surface area contributed by atoms with E-state index in [9.17, 15) is 39.9 Å². The number of aliphatic hydroxyl groups excluding tert-OH is 3. The molecule has 19 heteroatoms. The monoisotopic (exact) mass is 1130 g/mol. The topological polar surface area (TPSA) is 223 Å². The van der Waals surface area contributed by atoms with E-state index < -0.39 is 120 Å². The number of thiophene rings is 1. The number of aliphatic hydroxyl groups is 5. The third-order valence-corrected chi connectivity index (χ3v) is 19.0. The molecule has 3 fully saturated rings. The first-order valence-corrected chi connectivity index (χ1v) is 29.0. The summed E-state index contributed by atoms with van der Waals surface area (Å²) in [5, 5.41) is 63.0. The average Bonchev–Trinajstić information content (AvgIpc) is 3.79. The third kappa shape index (κ3) is 13.6. The van der Waals surface area contributed by atoms with Crippen molar-refractivity contribution in [1.82, 2.24) is 10.2 Å². The van der Waals surface area contributed by atoms with Gasteiger partial charge in [-0.25, -0.2) is 0 Å². The summed E-state index contributed by atoms with van der Waals surface area (Å²) < 4.78 is 37.9. The van der Waals surface area contributed by atoms with Crippen LogP contribution >= 0.6 is 34.7 Å². The number of halogens is 1. The molecule has 3 aromatic rings. The predicted molar refractivity (Wildman–Crippen MR) is 296 cm³/mol. The van der Waals surface area contributed by atoms with Crippen molar-refractivity contribution in [2.75, 3.05) is 27.2 Å². The first-order chi connectivity index (χ1) is 36.2. The van der Waals surface area contributed by atoms with E-state index >= 15 is 0 Å². The van der Waals surface area contributed by atoms with Crippen LogP contribution in [-0.4, -0.2) is 160 Å². The van der Waals surface area contributed by atoms with E-state index in [1.54, 1.807) is 64.6 Å². The molecule has 426 valence electrons. The molecule has 77 heavy (non-hydrogen) atoms. The van der Waals surface area contributed by atoms with Crippen LogP contribution in [0.2, 0.25) is 5.02 Å². The van der Waals surface area contributed by atoms with E-state index in [1.807, 2.05) is 55.3 Å². The summed E-state index contributed by atoms with van der Waals surface area (Å²) in [4.78, 5) is 48.0. The Morgan fingerprint density at radius 2 is 1.61 bits per heavy atom. The SMILES string of the molecule is CC[C@H]1OC(=O)[C@H](C)[C@@H](O[C@@H]2C[C@@](C)(OC)[C@@H](O)[C@@H](C)O2)[C@H](C)[C@@H](O[C@@H]2O[C@H](C)C[C@H](N(C)CCCNC(=O)/C=C/c3cc4c(s3)-c3cc(Cl)ccc3Sc3ccccc3-4)[C@H]2O)[C@](C)(O)C[C@@H](C)C(=O)[C@H](C)[C@@H](O)[C@]1(C)O. The zero-order valence-corrected chi connectivity index (χ0v) is 48.8. The number of benzene rings is 2. The quantitative estimate of drug-likeness (QED) is 0.0426. The summed E-state index contributed by atoms with van der Waals surface area (Å²) in [5.74, 6) is -5.54. The van der Waals surface area contributed by atoms with Gasteiger partial charge in [-0.2, -0.15) is 0 Å². The number of esters is 1. The van der Waals surface area contributed by atoms with Crippen molar-refractivity contribution in [3.63, 3.8) is 0 Å². The Hall–Kier alpha value is -3.31. The van der Waals surface area contributed by atoms with Gasteiger partial charge in [-0.1, -0.05) is 69.3 Å². The fourth-order valence-corrected chi connectivity index (χ4v) is 14.2. The number of Topliss-reactive ketones (excluding diaryl/α,β-unsaturated/α-hetero) is 1. The number of amides is 1. The minimum Gasteiger partial charge on any atom is -0.459 e. The van der Waals surface area contributed by atoms with Crippen molar-refractivity contribution in [1.29, 1.82) is 0 Å². The van der Waals surface area contributed by atoms with Crippen LogP contribution in [0.25, 0.3) is 27.6 Å². The Kier molecular flexibility index (Phi) is 20.1. The second-order valence-electron chi connectivity index (χ2n) is 22.6. The number of rotatable bonds is 13. The van der Waals surface area contributed by atoms with Crippen LogP contribution in [0.4, 0.5) is 0 Å². The van der Waals surface area contributed by atoms with Gasteiger partial charge in [0.15, 0.2) is 12.6 Å². The number of ketones is 1. The zero-order chi connectivity index (χ0) is 56.5. The van der Waals surface area contributed by atoms with Crippen LogP contribution in [0.3, 0.4) is 0 Å². The molecule has 18 atom stereocenters. The van der Waals surface area contributed by atoms with Crippen molar-refractivity contribution < 1.29 is 68.3 Å². The number of ether oxygens (including phenoxy) is 6. The van der Waals surface area contributed by atoms with E-state index in [0.717, 1.165) is 36.2 Å². The lowest BCUT2D eigenvalue weighted by atomic mass is 9.74. The summed E-state index contributed by atoms with van der Waals surface area (Å²) in [5.41, 5.74) is -1.75. The number of fused-ring (bicyclic) bond motifs is 5. The Labute approximate surface area is 467 Å². The molecule has 0 aliphatic carbocycles. The van der Waals surface area contributed by atoms with Crippen LogP contribution in [0.1, 0.15) is 106 Å². The highest BCUT2D eigenvalue weighted by atomic mass is 35.5. The molecule has 0 bridgehead atoms. The predicted octanol–water partition coefficient (Wildman–Crippen LogP) is 7.89. The lowest BCUT2D eigenvalue weighted by molar-refractivity contribution is -0.318. The Morgan fingerprint density at radius 1 is 0.909 bits per heavy atom. The highest BCUT2D eigenvalue weighted by molar-refractivity contribution is 7.99. The van der Waals surface area contributed by atoms with Crippen LogP contribution in [-0.2, 0) is 42.8 Å². The fourth-order valence-electron chi connectivity index (χ4n) is 11.8.